The number of carbonyl (C=O) groups excluding carboxylic acids is 1. The maximum Gasteiger partial charge on any atom is 0.230 e. The predicted molar refractivity (Wildman–Crippen MR) is 52.0 cm³/mol. The maximum absolute atomic E-state index is 11.8. The number of piperazine rings is 1. The van der Waals surface area contributed by atoms with Gasteiger partial charge in [0.15, 0.2) is 5.82 Å². The van der Waals surface area contributed by atoms with Crippen LogP contribution >= 0.6 is 0 Å². The van der Waals surface area contributed by atoms with Crippen LogP contribution in [0.15, 0.2) is 0 Å². The highest BCUT2D eigenvalue weighted by Crippen LogP contribution is 1.99. The van der Waals surface area contributed by atoms with Gasteiger partial charge >= 0.3 is 0 Å². The van der Waals surface area contributed by atoms with Gasteiger partial charge in [-0.3, -0.25) is 4.79 Å². The summed E-state index contributed by atoms with van der Waals surface area (Å²) in [6.07, 6.45) is 0.281. The van der Waals surface area contributed by atoms with Crippen molar-refractivity contribution in [2.75, 3.05) is 26.2 Å². The third-order valence-corrected chi connectivity index (χ3v) is 2.49. The molecule has 0 spiro atoms. The highest BCUT2D eigenvalue weighted by molar-refractivity contribution is 5.78. The van der Waals surface area contributed by atoms with Crippen molar-refractivity contribution in [1.29, 1.82) is 0 Å². The van der Waals surface area contributed by atoms with E-state index in [0.29, 0.717) is 5.82 Å². The Morgan fingerprint density at radius 2 is 2.20 bits per heavy atom. The second-order valence-corrected chi connectivity index (χ2v) is 3.53. The zero-order valence-electron chi connectivity index (χ0n) is 8.68. The summed E-state index contributed by atoms with van der Waals surface area (Å²) in [6, 6.07) is 0. The lowest BCUT2D eigenvalue weighted by atomic mass is 10.3. The fraction of sp³-hybridized carbons (Fsp3) is 0.750. The van der Waals surface area contributed by atoms with Gasteiger partial charge in [0.1, 0.15) is 0 Å². The molecule has 0 bridgehead atoms. The minimum absolute atomic E-state index is 0.0920. The van der Waals surface area contributed by atoms with Crippen molar-refractivity contribution in [3.05, 3.63) is 5.82 Å². The van der Waals surface area contributed by atoms with Gasteiger partial charge in [0.25, 0.3) is 0 Å². The van der Waals surface area contributed by atoms with Crippen molar-refractivity contribution in [3.63, 3.8) is 0 Å². The van der Waals surface area contributed by atoms with Crippen LogP contribution in [-0.2, 0) is 18.3 Å². The molecular weight excluding hydrogens is 196 g/mol. The van der Waals surface area contributed by atoms with Crippen LogP contribution in [0.2, 0.25) is 0 Å². The van der Waals surface area contributed by atoms with Crippen molar-refractivity contribution in [1.82, 2.24) is 30.4 Å². The molecule has 15 heavy (non-hydrogen) atoms. The van der Waals surface area contributed by atoms with Crippen molar-refractivity contribution in [3.8, 4) is 0 Å². The van der Waals surface area contributed by atoms with Crippen LogP contribution in [0.25, 0.3) is 0 Å². The minimum atomic E-state index is 0.0920. The monoisotopic (exact) mass is 210 g/mol. The van der Waals surface area contributed by atoms with Gasteiger partial charge in [0.2, 0.25) is 5.91 Å². The van der Waals surface area contributed by atoms with Crippen LogP contribution in [0.4, 0.5) is 0 Å². The summed E-state index contributed by atoms with van der Waals surface area (Å²) in [5.41, 5.74) is 0. The molecule has 1 aliphatic heterocycles. The van der Waals surface area contributed by atoms with Crippen LogP contribution in [0.5, 0.6) is 0 Å². The summed E-state index contributed by atoms with van der Waals surface area (Å²) in [6.45, 7) is 3.26. The number of tetrazole rings is 1. The molecule has 1 fully saturated rings. The molecule has 0 radical (unpaired) electrons. The fourth-order valence-electron chi connectivity index (χ4n) is 1.56. The fourth-order valence-corrected chi connectivity index (χ4v) is 1.56. The average Bonchev–Trinajstić information content (AvgIpc) is 2.66. The summed E-state index contributed by atoms with van der Waals surface area (Å²) in [5.74, 6) is 0.702. The number of rotatable bonds is 2. The van der Waals surface area contributed by atoms with Gasteiger partial charge in [-0.15, -0.1) is 5.10 Å². The molecule has 0 aliphatic carbocycles. The van der Waals surface area contributed by atoms with Gasteiger partial charge in [-0.25, -0.2) is 4.68 Å². The largest absolute Gasteiger partial charge is 0.340 e. The van der Waals surface area contributed by atoms with Crippen LogP contribution in [-0.4, -0.2) is 57.2 Å². The molecule has 7 heteroatoms. The molecule has 1 aromatic rings. The third kappa shape index (κ3) is 2.30. The second-order valence-electron chi connectivity index (χ2n) is 3.53. The lowest BCUT2D eigenvalue weighted by Crippen LogP contribution is -2.47. The van der Waals surface area contributed by atoms with Crippen molar-refractivity contribution in [2.24, 2.45) is 7.05 Å². The van der Waals surface area contributed by atoms with E-state index in [0.717, 1.165) is 26.2 Å². The highest BCUT2D eigenvalue weighted by Gasteiger charge is 2.18. The first-order valence-electron chi connectivity index (χ1n) is 4.97. The van der Waals surface area contributed by atoms with E-state index in [-0.39, 0.29) is 12.3 Å². The molecular formula is C8H14N6O. The number of aryl methyl sites for hydroxylation is 1. The topological polar surface area (TPSA) is 75.9 Å². The van der Waals surface area contributed by atoms with Crippen LogP contribution in [0, 0.1) is 0 Å². The number of nitrogens with one attached hydrogen (secondary N) is 1. The molecule has 1 amide bonds. The SMILES string of the molecule is Cn1nnnc1CC(=O)N1CCNCC1. The summed E-state index contributed by atoms with van der Waals surface area (Å²) >= 11 is 0. The molecule has 2 heterocycles. The molecule has 1 saturated heterocycles. The highest BCUT2D eigenvalue weighted by atomic mass is 16.2. The maximum atomic E-state index is 11.8. The second kappa shape index (κ2) is 4.35. The zero-order chi connectivity index (χ0) is 10.7. The van der Waals surface area contributed by atoms with E-state index in [9.17, 15) is 4.79 Å². The molecule has 82 valence electrons. The van der Waals surface area contributed by atoms with Crippen LogP contribution in [0.1, 0.15) is 5.82 Å². The predicted octanol–water partition coefficient (Wildman–Crippen LogP) is -1.82. The van der Waals surface area contributed by atoms with Gasteiger partial charge in [-0.2, -0.15) is 0 Å². The van der Waals surface area contributed by atoms with Crippen molar-refractivity contribution >= 4 is 5.91 Å². The lowest BCUT2D eigenvalue weighted by Gasteiger charge is -2.27. The molecule has 2 rings (SSSR count). The van der Waals surface area contributed by atoms with Crippen molar-refractivity contribution < 1.29 is 4.79 Å². The number of hydrogen-bond donors (Lipinski definition) is 1. The summed E-state index contributed by atoms with van der Waals surface area (Å²) < 4.78 is 1.53. The average molecular weight is 210 g/mol. The molecule has 7 nitrogen and oxygen atoms in total. The number of hydrogen-bond acceptors (Lipinski definition) is 5. The summed E-state index contributed by atoms with van der Waals surface area (Å²) in [5, 5.41) is 14.2. The Morgan fingerprint density at radius 1 is 1.47 bits per heavy atom. The van der Waals surface area contributed by atoms with E-state index in [4.69, 9.17) is 0 Å². The van der Waals surface area contributed by atoms with Gasteiger partial charge in [0, 0.05) is 33.2 Å². The Labute approximate surface area is 87.4 Å². The summed E-state index contributed by atoms with van der Waals surface area (Å²) in [4.78, 5) is 13.6. The van der Waals surface area contributed by atoms with E-state index in [1.54, 1.807) is 7.05 Å². The van der Waals surface area contributed by atoms with Crippen LogP contribution in [0.3, 0.4) is 0 Å². The smallest absolute Gasteiger partial charge is 0.230 e. The molecule has 1 aromatic heterocycles. The first-order chi connectivity index (χ1) is 7.27. The first kappa shape index (κ1) is 10.0. The van der Waals surface area contributed by atoms with Gasteiger partial charge < -0.3 is 10.2 Å². The molecule has 0 atom stereocenters. The number of aromatic nitrogens is 4. The standard InChI is InChI=1S/C8H14N6O/c1-13-7(10-11-12-13)6-8(15)14-4-2-9-3-5-14/h9H,2-6H2,1H3. The Bertz CT molecular complexity index is 343. The quantitative estimate of drug-likeness (QED) is 0.622. The van der Waals surface area contributed by atoms with Gasteiger partial charge in [0.05, 0.1) is 6.42 Å². The molecule has 0 unspecified atom stereocenters. The van der Waals surface area contributed by atoms with Gasteiger partial charge in [-0.05, 0) is 10.4 Å². The van der Waals surface area contributed by atoms with Crippen molar-refractivity contribution in [2.45, 2.75) is 6.42 Å². The normalized spacial score (nSPS) is 16.7. The third-order valence-electron chi connectivity index (χ3n) is 2.49. The Morgan fingerprint density at radius 3 is 2.80 bits per heavy atom. The number of nitrogens with zero attached hydrogens (tertiary/aromatic N) is 5. The lowest BCUT2D eigenvalue weighted by molar-refractivity contribution is -0.131. The van der Waals surface area contributed by atoms with E-state index in [1.165, 1.54) is 4.68 Å². The Kier molecular flexibility index (Phi) is 2.91. The minimum Gasteiger partial charge on any atom is -0.340 e. The zero-order valence-corrected chi connectivity index (χ0v) is 8.68. The van der Waals surface area contributed by atoms with E-state index in [2.05, 4.69) is 20.8 Å². The van der Waals surface area contributed by atoms with E-state index in [1.807, 2.05) is 4.90 Å². The Hall–Kier alpha value is -1.50. The van der Waals surface area contributed by atoms with Gasteiger partial charge in [-0.1, -0.05) is 0 Å². The number of carbonyl (C=O) groups is 1. The Balaban J connectivity index is 1.94. The number of amides is 1. The van der Waals surface area contributed by atoms with E-state index < -0.39 is 0 Å². The summed E-state index contributed by atoms with van der Waals surface area (Å²) in [7, 11) is 1.74. The molecule has 0 saturated carbocycles. The first-order valence-corrected chi connectivity index (χ1v) is 4.97. The molecule has 1 N–H and O–H groups in total. The molecule has 0 aromatic carbocycles. The van der Waals surface area contributed by atoms with Crippen LogP contribution < -0.4 is 5.32 Å². The molecule has 1 aliphatic rings. The van der Waals surface area contributed by atoms with E-state index >= 15 is 0 Å².